The Morgan fingerprint density at radius 2 is 1.70 bits per heavy atom. The Hall–Kier alpha value is -1.51. The molecule has 0 saturated heterocycles. The van der Waals surface area contributed by atoms with Crippen molar-refractivity contribution in [2.75, 3.05) is 13.2 Å². The molecule has 0 saturated carbocycles. The molecule has 3 nitrogen and oxygen atoms in total. The molecule has 1 aromatic carbocycles. The average Bonchev–Trinajstić information content (AvgIpc) is 2.48. The van der Waals surface area contributed by atoms with Gasteiger partial charge in [0, 0.05) is 5.56 Å². The van der Waals surface area contributed by atoms with Crippen molar-refractivity contribution in [2.24, 2.45) is 0 Å². The zero-order valence-electron chi connectivity index (χ0n) is 13.4. The van der Waals surface area contributed by atoms with Crippen LogP contribution in [0.4, 0.5) is 0 Å². The van der Waals surface area contributed by atoms with Gasteiger partial charge in [-0.1, -0.05) is 47.6 Å². The minimum absolute atomic E-state index is 0.00160. The number of carbonyl (C=O) groups is 1. The molecule has 3 heteroatoms. The third-order valence-corrected chi connectivity index (χ3v) is 3.64. The van der Waals surface area contributed by atoms with Gasteiger partial charge < -0.3 is 10.1 Å². The van der Waals surface area contributed by atoms with Crippen molar-refractivity contribution in [3.05, 3.63) is 28.8 Å². The van der Waals surface area contributed by atoms with Crippen LogP contribution in [0.1, 0.15) is 63.0 Å². The van der Waals surface area contributed by atoms with Gasteiger partial charge in [0.05, 0.1) is 12.1 Å². The fraction of sp³-hybridized carbons (Fsp3) is 0.588. The highest BCUT2D eigenvalue weighted by atomic mass is 16.5. The highest BCUT2D eigenvalue weighted by molar-refractivity contribution is 5.98. The molecule has 0 fully saturated rings. The van der Waals surface area contributed by atoms with E-state index in [4.69, 9.17) is 4.74 Å². The molecule has 1 aromatic rings. The van der Waals surface area contributed by atoms with Crippen LogP contribution in [-0.2, 0) is 10.8 Å². The summed E-state index contributed by atoms with van der Waals surface area (Å²) in [7, 11) is 0. The van der Waals surface area contributed by atoms with E-state index in [1.807, 2.05) is 6.07 Å². The van der Waals surface area contributed by atoms with Gasteiger partial charge >= 0.3 is 0 Å². The predicted octanol–water partition coefficient (Wildman–Crippen LogP) is 3.40. The second kappa shape index (κ2) is 4.80. The average molecular weight is 275 g/mol. The summed E-state index contributed by atoms with van der Waals surface area (Å²) in [5.74, 6) is 0.717. The van der Waals surface area contributed by atoms with Crippen molar-refractivity contribution in [2.45, 2.75) is 52.4 Å². The molecule has 0 atom stereocenters. The molecule has 0 aromatic heterocycles. The Morgan fingerprint density at radius 1 is 1.05 bits per heavy atom. The summed E-state index contributed by atoms with van der Waals surface area (Å²) in [6.45, 7) is 14.0. The molecule has 20 heavy (non-hydrogen) atoms. The second-order valence-electron chi connectivity index (χ2n) is 7.50. The lowest BCUT2D eigenvalue weighted by Crippen LogP contribution is -2.25. The van der Waals surface area contributed by atoms with Crippen LogP contribution in [0.15, 0.2) is 12.1 Å². The molecule has 1 aliphatic heterocycles. The molecule has 1 aliphatic rings. The number of nitrogens with one attached hydrogen (secondary N) is 1. The van der Waals surface area contributed by atoms with Crippen LogP contribution >= 0.6 is 0 Å². The largest absolute Gasteiger partial charge is 0.491 e. The van der Waals surface area contributed by atoms with Gasteiger partial charge in [0.1, 0.15) is 12.4 Å². The number of amides is 1. The van der Waals surface area contributed by atoms with E-state index in [9.17, 15) is 4.79 Å². The lowest BCUT2D eigenvalue weighted by Gasteiger charge is -2.28. The first-order valence-corrected chi connectivity index (χ1v) is 7.21. The predicted molar refractivity (Wildman–Crippen MR) is 81.7 cm³/mol. The summed E-state index contributed by atoms with van der Waals surface area (Å²) < 4.78 is 5.86. The molecule has 0 bridgehead atoms. The second-order valence-corrected chi connectivity index (χ2v) is 7.50. The summed E-state index contributed by atoms with van der Waals surface area (Å²) in [4.78, 5) is 12.3. The maximum atomic E-state index is 12.3. The van der Waals surface area contributed by atoms with Gasteiger partial charge in [-0.3, -0.25) is 4.79 Å². The number of rotatable bonds is 0. The van der Waals surface area contributed by atoms with Gasteiger partial charge in [0.2, 0.25) is 0 Å². The van der Waals surface area contributed by atoms with Crippen molar-refractivity contribution >= 4 is 5.91 Å². The van der Waals surface area contributed by atoms with Gasteiger partial charge in [0.15, 0.2) is 0 Å². The van der Waals surface area contributed by atoms with Crippen molar-refractivity contribution in [3.8, 4) is 5.75 Å². The molecule has 0 aliphatic carbocycles. The first-order chi connectivity index (χ1) is 9.10. The van der Waals surface area contributed by atoms with E-state index in [0.717, 1.165) is 11.3 Å². The first kappa shape index (κ1) is 14.9. The molecule has 0 unspecified atom stereocenters. The van der Waals surface area contributed by atoms with Crippen LogP contribution in [0.5, 0.6) is 5.75 Å². The molecule has 110 valence electrons. The monoisotopic (exact) mass is 275 g/mol. The van der Waals surface area contributed by atoms with Crippen LogP contribution in [0, 0.1) is 0 Å². The molecule has 0 spiro atoms. The summed E-state index contributed by atoms with van der Waals surface area (Å²) >= 11 is 0. The standard InChI is InChI=1S/C17H25NO2/c1-16(2,3)11-9-12-14(13(10-11)17(4,5)6)20-8-7-18-15(12)19/h9-10H,7-8H2,1-6H3,(H,18,19). The fourth-order valence-electron chi connectivity index (χ4n) is 2.36. The normalized spacial score (nSPS) is 16.0. The molecule has 0 radical (unpaired) electrons. The maximum absolute atomic E-state index is 12.3. The van der Waals surface area contributed by atoms with Gasteiger partial charge in [-0.05, 0) is 22.5 Å². The molecule has 1 heterocycles. The minimum Gasteiger partial charge on any atom is -0.491 e. The van der Waals surface area contributed by atoms with Gasteiger partial charge in [-0.15, -0.1) is 0 Å². The van der Waals surface area contributed by atoms with Gasteiger partial charge in [-0.25, -0.2) is 0 Å². The van der Waals surface area contributed by atoms with Gasteiger partial charge in [0.25, 0.3) is 5.91 Å². The number of benzene rings is 1. The zero-order valence-corrected chi connectivity index (χ0v) is 13.4. The highest BCUT2D eigenvalue weighted by Crippen LogP contribution is 2.38. The first-order valence-electron chi connectivity index (χ1n) is 7.21. The highest BCUT2D eigenvalue weighted by Gasteiger charge is 2.29. The molecule has 2 rings (SSSR count). The topological polar surface area (TPSA) is 38.3 Å². The third-order valence-electron chi connectivity index (χ3n) is 3.64. The summed E-state index contributed by atoms with van der Waals surface area (Å²) in [5.41, 5.74) is 2.89. The minimum atomic E-state index is -0.0596. The van der Waals surface area contributed by atoms with E-state index in [-0.39, 0.29) is 16.7 Å². The zero-order chi connectivity index (χ0) is 15.1. The van der Waals surface area contributed by atoms with Crippen LogP contribution < -0.4 is 10.1 Å². The van der Waals surface area contributed by atoms with E-state index in [2.05, 4.69) is 52.9 Å². The lowest BCUT2D eigenvalue weighted by molar-refractivity contribution is 0.0957. The Morgan fingerprint density at radius 3 is 2.25 bits per heavy atom. The Balaban J connectivity index is 2.73. The Bertz CT molecular complexity index is 533. The number of hydrogen-bond acceptors (Lipinski definition) is 2. The van der Waals surface area contributed by atoms with Crippen LogP contribution in [0.3, 0.4) is 0 Å². The smallest absolute Gasteiger partial charge is 0.255 e. The number of ether oxygens (including phenoxy) is 1. The fourth-order valence-corrected chi connectivity index (χ4v) is 2.36. The maximum Gasteiger partial charge on any atom is 0.255 e. The van der Waals surface area contributed by atoms with Crippen molar-refractivity contribution in [1.82, 2.24) is 5.32 Å². The quantitative estimate of drug-likeness (QED) is 0.788. The molecular weight excluding hydrogens is 250 g/mol. The molecular formula is C17H25NO2. The van der Waals surface area contributed by atoms with E-state index >= 15 is 0 Å². The Labute approximate surface area is 121 Å². The number of hydrogen-bond donors (Lipinski definition) is 1. The van der Waals surface area contributed by atoms with E-state index in [1.54, 1.807) is 0 Å². The van der Waals surface area contributed by atoms with E-state index in [1.165, 1.54) is 5.56 Å². The summed E-state index contributed by atoms with van der Waals surface area (Å²) in [6, 6.07) is 4.17. The van der Waals surface area contributed by atoms with Gasteiger partial charge in [-0.2, -0.15) is 0 Å². The van der Waals surface area contributed by atoms with Crippen LogP contribution in [0.2, 0.25) is 0 Å². The third kappa shape index (κ3) is 2.82. The van der Waals surface area contributed by atoms with E-state index < -0.39 is 0 Å². The number of carbonyl (C=O) groups excluding carboxylic acids is 1. The van der Waals surface area contributed by atoms with Crippen LogP contribution in [-0.4, -0.2) is 19.1 Å². The van der Waals surface area contributed by atoms with Crippen LogP contribution in [0.25, 0.3) is 0 Å². The van der Waals surface area contributed by atoms with Crippen molar-refractivity contribution < 1.29 is 9.53 Å². The molecule has 1 amide bonds. The van der Waals surface area contributed by atoms with Crippen molar-refractivity contribution in [1.29, 1.82) is 0 Å². The number of fused-ring (bicyclic) bond motifs is 1. The summed E-state index contributed by atoms with van der Waals surface area (Å²) in [6.07, 6.45) is 0. The Kier molecular flexibility index (Phi) is 3.57. The SMILES string of the molecule is CC(C)(C)c1cc2c(c(C(C)(C)C)c1)OCCNC2=O. The van der Waals surface area contributed by atoms with E-state index in [0.29, 0.717) is 18.7 Å². The lowest BCUT2D eigenvalue weighted by atomic mass is 9.79. The van der Waals surface area contributed by atoms with Crippen molar-refractivity contribution in [3.63, 3.8) is 0 Å². The molecule has 1 N–H and O–H groups in total. The summed E-state index contributed by atoms with van der Waals surface area (Å²) in [5, 5.41) is 2.89.